The standard InChI is InChI=1S/C16H23N3O3/c20-14-8-13(16(14)3-6-22-7-4-16)18-11-15(21)19-10-12-2-1-5-17-9-12/h1-2,5,9,13-14,18,20H,3-4,6-8,10-11H2,(H,19,21)/t13-,14-/m1/s1. The molecule has 1 aromatic rings. The van der Waals surface area contributed by atoms with Crippen molar-refractivity contribution >= 4 is 5.91 Å². The molecule has 2 atom stereocenters. The molecule has 3 N–H and O–H groups in total. The second-order valence-corrected chi connectivity index (χ2v) is 6.17. The van der Waals surface area contributed by atoms with E-state index < -0.39 is 0 Å². The number of aliphatic hydroxyl groups is 1. The van der Waals surface area contributed by atoms with Crippen LogP contribution >= 0.6 is 0 Å². The van der Waals surface area contributed by atoms with Crippen LogP contribution in [0, 0.1) is 5.41 Å². The van der Waals surface area contributed by atoms with Gasteiger partial charge in [0.1, 0.15) is 0 Å². The van der Waals surface area contributed by atoms with Crippen molar-refractivity contribution in [1.29, 1.82) is 0 Å². The predicted octanol–water partition coefficient (Wildman–Crippen LogP) is 0.217. The maximum absolute atomic E-state index is 11.9. The topological polar surface area (TPSA) is 83.5 Å². The Hall–Kier alpha value is -1.50. The van der Waals surface area contributed by atoms with E-state index in [1.807, 2.05) is 12.1 Å². The first-order valence-corrected chi connectivity index (χ1v) is 7.85. The first kappa shape index (κ1) is 15.4. The van der Waals surface area contributed by atoms with Crippen LogP contribution in [0.4, 0.5) is 0 Å². The van der Waals surface area contributed by atoms with Crippen LogP contribution in [0.2, 0.25) is 0 Å². The van der Waals surface area contributed by atoms with Crippen molar-refractivity contribution in [3.63, 3.8) is 0 Å². The van der Waals surface area contributed by atoms with Gasteiger partial charge >= 0.3 is 0 Å². The van der Waals surface area contributed by atoms with E-state index in [4.69, 9.17) is 4.74 Å². The zero-order valence-electron chi connectivity index (χ0n) is 12.6. The van der Waals surface area contributed by atoms with Crippen LogP contribution in [0.5, 0.6) is 0 Å². The van der Waals surface area contributed by atoms with Crippen LogP contribution in [-0.2, 0) is 16.1 Å². The van der Waals surface area contributed by atoms with Crippen LogP contribution in [-0.4, -0.2) is 47.9 Å². The van der Waals surface area contributed by atoms with Crippen molar-refractivity contribution < 1.29 is 14.6 Å². The minimum Gasteiger partial charge on any atom is -0.392 e. The molecular formula is C16H23N3O3. The minimum absolute atomic E-state index is 0.0348. The molecule has 2 fully saturated rings. The maximum atomic E-state index is 11.9. The van der Waals surface area contributed by atoms with Gasteiger partial charge in [0.25, 0.3) is 0 Å². The van der Waals surface area contributed by atoms with Crippen LogP contribution in [0.1, 0.15) is 24.8 Å². The summed E-state index contributed by atoms with van der Waals surface area (Å²) >= 11 is 0. The van der Waals surface area contributed by atoms with Crippen LogP contribution in [0.3, 0.4) is 0 Å². The Balaban J connectivity index is 1.43. The number of carbonyl (C=O) groups excluding carboxylic acids is 1. The van der Waals surface area contributed by atoms with Gasteiger partial charge in [0.15, 0.2) is 0 Å². The molecule has 2 aliphatic rings. The van der Waals surface area contributed by atoms with E-state index in [2.05, 4.69) is 15.6 Å². The first-order chi connectivity index (χ1) is 10.7. The zero-order valence-corrected chi connectivity index (χ0v) is 12.6. The zero-order chi connectivity index (χ0) is 15.4. The number of rotatable bonds is 5. The summed E-state index contributed by atoms with van der Waals surface area (Å²) in [5.41, 5.74) is 0.887. The van der Waals surface area contributed by atoms with Crippen molar-refractivity contribution in [2.75, 3.05) is 19.8 Å². The molecule has 0 bridgehead atoms. The number of aromatic nitrogens is 1. The molecule has 1 aromatic heterocycles. The molecule has 1 saturated carbocycles. The van der Waals surface area contributed by atoms with Crippen molar-refractivity contribution in [3.05, 3.63) is 30.1 Å². The van der Waals surface area contributed by atoms with Gasteiger partial charge in [0, 0.05) is 43.6 Å². The van der Waals surface area contributed by atoms with Crippen molar-refractivity contribution in [1.82, 2.24) is 15.6 Å². The second-order valence-electron chi connectivity index (χ2n) is 6.17. The van der Waals surface area contributed by atoms with Crippen LogP contribution in [0.25, 0.3) is 0 Å². The number of hydrogen-bond donors (Lipinski definition) is 3. The lowest BCUT2D eigenvalue weighted by molar-refractivity contribution is -0.150. The van der Waals surface area contributed by atoms with Crippen molar-refractivity contribution in [3.8, 4) is 0 Å². The smallest absolute Gasteiger partial charge is 0.234 e. The summed E-state index contributed by atoms with van der Waals surface area (Å²) in [7, 11) is 0. The molecule has 120 valence electrons. The van der Waals surface area contributed by atoms with Crippen molar-refractivity contribution in [2.24, 2.45) is 5.41 Å². The summed E-state index contributed by atoms with van der Waals surface area (Å²) in [6, 6.07) is 3.99. The highest BCUT2D eigenvalue weighted by molar-refractivity contribution is 5.78. The molecule has 0 unspecified atom stereocenters. The Morgan fingerprint density at radius 1 is 1.45 bits per heavy atom. The van der Waals surface area contributed by atoms with E-state index in [-0.39, 0.29) is 30.0 Å². The number of hydrogen-bond acceptors (Lipinski definition) is 5. The summed E-state index contributed by atoms with van der Waals surface area (Å²) in [5.74, 6) is -0.0348. The van der Waals surface area contributed by atoms with Crippen molar-refractivity contribution in [2.45, 2.75) is 38.0 Å². The summed E-state index contributed by atoms with van der Waals surface area (Å²) in [6.45, 7) is 2.16. The lowest BCUT2D eigenvalue weighted by Crippen LogP contribution is -2.65. The van der Waals surface area contributed by atoms with Gasteiger partial charge in [-0.25, -0.2) is 0 Å². The summed E-state index contributed by atoms with van der Waals surface area (Å²) in [4.78, 5) is 16.0. The Kier molecular flexibility index (Phi) is 4.71. The van der Waals surface area contributed by atoms with E-state index in [0.29, 0.717) is 19.8 Å². The molecule has 0 radical (unpaired) electrons. The lowest BCUT2D eigenvalue weighted by Gasteiger charge is -2.55. The third-order valence-electron chi connectivity index (χ3n) is 4.96. The molecule has 1 aliphatic carbocycles. The molecule has 1 aliphatic heterocycles. The molecule has 3 rings (SSSR count). The fraction of sp³-hybridized carbons (Fsp3) is 0.625. The van der Waals surface area contributed by atoms with Gasteiger partial charge in [0.2, 0.25) is 5.91 Å². The third kappa shape index (κ3) is 3.14. The normalized spacial score (nSPS) is 26.4. The van der Waals surface area contributed by atoms with Gasteiger partial charge in [-0.05, 0) is 30.9 Å². The highest BCUT2D eigenvalue weighted by atomic mass is 16.5. The van der Waals surface area contributed by atoms with Crippen LogP contribution in [0.15, 0.2) is 24.5 Å². The number of nitrogens with zero attached hydrogens (tertiary/aromatic N) is 1. The molecule has 1 saturated heterocycles. The molecule has 2 heterocycles. The highest BCUT2D eigenvalue weighted by Crippen LogP contribution is 2.48. The van der Waals surface area contributed by atoms with Crippen LogP contribution < -0.4 is 10.6 Å². The third-order valence-corrected chi connectivity index (χ3v) is 4.96. The average Bonchev–Trinajstić information content (AvgIpc) is 2.58. The van der Waals surface area contributed by atoms with Gasteiger partial charge in [-0.15, -0.1) is 0 Å². The van der Waals surface area contributed by atoms with E-state index in [0.717, 1.165) is 24.8 Å². The van der Waals surface area contributed by atoms with Gasteiger partial charge in [0.05, 0.1) is 12.6 Å². The quantitative estimate of drug-likeness (QED) is 0.725. The monoisotopic (exact) mass is 305 g/mol. The fourth-order valence-electron chi connectivity index (χ4n) is 3.47. The lowest BCUT2D eigenvalue weighted by atomic mass is 9.58. The molecule has 22 heavy (non-hydrogen) atoms. The molecule has 6 nitrogen and oxygen atoms in total. The maximum Gasteiger partial charge on any atom is 0.234 e. The van der Waals surface area contributed by atoms with Gasteiger partial charge < -0.3 is 20.5 Å². The minimum atomic E-state index is -0.271. The second kappa shape index (κ2) is 6.73. The van der Waals surface area contributed by atoms with E-state index in [1.54, 1.807) is 12.4 Å². The molecular weight excluding hydrogens is 282 g/mol. The largest absolute Gasteiger partial charge is 0.392 e. The van der Waals surface area contributed by atoms with E-state index in [1.165, 1.54) is 0 Å². The predicted molar refractivity (Wildman–Crippen MR) is 81.0 cm³/mol. The molecule has 6 heteroatoms. The van der Waals surface area contributed by atoms with Gasteiger partial charge in [-0.3, -0.25) is 9.78 Å². The summed E-state index contributed by atoms with van der Waals surface area (Å²) in [5, 5.41) is 16.3. The number of pyridine rings is 1. The Morgan fingerprint density at radius 3 is 2.95 bits per heavy atom. The molecule has 1 spiro atoms. The SMILES string of the molecule is O=C(CN[C@@H]1C[C@@H](O)C12CCOCC2)NCc1cccnc1. The summed E-state index contributed by atoms with van der Waals surface area (Å²) < 4.78 is 5.39. The number of carbonyl (C=O) groups is 1. The van der Waals surface area contributed by atoms with E-state index in [9.17, 15) is 9.90 Å². The number of aliphatic hydroxyl groups excluding tert-OH is 1. The van der Waals surface area contributed by atoms with E-state index >= 15 is 0 Å². The summed E-state index contributed by atoms with van der Waals surface area (Å²) in [6.07, 6.45) is 5.63. The average molecular weight is 305 g/mol. The molecule has 0 aromatic carbocycles. The highest BCUT2D eigenvalue weighted by Gasteiger charge is 2.54. The first-order valence-electron chi connectivity index (χ1n) is 7.85. The molecule has 1 amide bonds. The number of ether oxygens (including phenoxy) is 1. The fourth-order valence-corrected chi connectivity index (χ4v) is 3.47. The van der Waals surface area contributed by atoms with Gasteiger partial charge in [-0.1, -0.05) is 6.07 Å². The number of amides is 1. The Labute approximate surface area is 130 Å². The number of nitrogens with one attached hydrogen (secondary N) is 2. The Morgan fingerprint density at radius 2 is 2.27 bits per heavy atom. The Bertz CT molecular complexity index is 503. The van der Waals surface area contributed by atoms with Gasteiger partial charge in [-0.2, -0.15) is 0 Å².